The summed E-state index contributed by atoms with van der Waals surface area (Å²) in [5.74, 6) is 0.132. The minimum atomic E-state index is -0.664. The Balaban J connectivity index is 2.34. The maximum Gasteiger partial charge on any atom is 0.258 e. The number of primary amides is 1. The Hall–Kier alpha value is -2.30. The van der Waals surface area contributed by atoms with Crippen LogP contribution in [-0.2, 0) is 11.8 Å². The second-order valence-electron chi connectivity index (χ2n) is 4.06. The van der Waals surface area contributed by atoms with Crippen molar-refractivity contribution in [3.63, 3.8) is 0 Å². The maximum absolute atomic E-state index is 11.0. The van der Waals surface area contributed by atoms with Crippen molar-refractivity contribution in [2.45, 2.75) is 13.0 Å². The molecule has 2 rings (SSSR count). The van der Waals surface area contributed by atoms with Gasteiger partial charge in [0, 0.05) is 24.4 Å². The monoisotopic (exact) mass is 245 g/mol. The van der Waals surface area contributed by atoms with Gasteiger partial charge < -0.3 is 10.5 Å². The number of para-hydroxylation sites is 1. The molecule has 2 aromatic rings. The van der Waals surface area contributed by atoms with Gasteiger partial charge in [0.15, 0.2) is 6.10 Å². The van der Waals surface area contributed by atoms with Crippen molar-refractivity contribution >= 4 is 5.91 Å². The lowest BCUT2D eigenvalue weighted by atomic mass is 10.1. The van der Waals surface area contributed by atoms with E-state index >= 15 is 0 Å². The normalized spacial score (nSPS) is 12.1. The third-order valence-corrected chi connectivity index (χ3v) is 2.61. The first-order valence-corrected chi connectivity index (χ1v) is 5.62. The Labute approximate surface area is 105 Å². The van der Waals surface area contributed by atoms with Crippen molar-refractivity contribution < 1.29 is 9.53 Å². The highest BCUT2D eigenvalue weighted by molar-refractivity contribution is 5.79. The van der Waals surface area contributed by atoms with Crippen LogP contribution in [0.1, 0.15) is 6.92 Å². The second-order valence-corrected chi connectivity index (χ2v) is 4.06. The molecule has 1 aromatic heterocycles. The molecule has 5 heteroatoms. The van der Waals surface area contributed by atoms with E-state index < -0.39 is 12.0 Å². The average Bonchev–Trinajstić information content (AvgIpc) is 2.76. The molecule has 1 heterocycles. The number of benzene rings is 1. The fourth-order valence-corrected chi connectivity index (χ4v) is 1.62. The van der Waals surface area contributed by atoms with Gasteiger partial charge in [-0.2, -0.15) is 5.10 Å². The van der Waals surface area contributed by atoms with Crippen LogP contribution in [0.25, 0.3) is 11.1 Å². The molecule has 0 aliphatic heterocycles. The van der Waals surface area contributed by atoms with E-state index in [9.17, 15) is 4.79 Å². The Morgan fingerprint density at radius 3 is 2.78 bits per heavy atom. The molecule has 0 aliphatic rings. The lowest BCUT2D eigenvalue weighted by Crippen LogP contribution is -2.30. The van der Waals surface area contributed by atoms with Crippen LogP contribution in [-0.4, -0.2) is 21.8 Å². The van der Waals surface area contributed by atoms with Crippen LogP contribution in [0.5, 0.6) is 5.75 Å². The van der Waals surface area contributed by atoms with E-state index in [-0.39, 0.29) is 0 Å². The SMILES string of the molecule is C[C@@H](Oc1ccccc1-c1cnn(C)c1)C(N)=O. The summed E-state index contributed by atoms with van der Waals surface area (Å²) in [6.45, 7) is 1.63. The van der Waals surface area contributed by atoms with Crippen molar-refractivity contribution in [3.05, 3.63) is 36.7 Å². The molecule has 1 amide bonds. The van der Waals surface area contributed by atoms with Crippen LogP contribution < -0.4 is 10.5 Å². The van der Waals surface area contributed by atoms with Gasteiger partial charge >= 0.3 is 0 Å². The summed E-state index contributed by atoms with van der Waals surface area (Å²) in [5.41, 5.74) is 7.02. The minimum absolute atomic E-state index is 0.490. The van der Waals surface area contributed by atoms with E-state index in [1.807, 2.05) is 37.5 Å². The van der Waals surface area contributed by atoms with Gasteiger partial charge in [0.25, 0.3) is 5.91 Å². The number of hydrogen-bond donors (Lipinski definition) is 1. The molecule has 18 heavy (non-hydrogen) atoms. The van der Waals surface area contributed by atoms with Crippen molar-refractivity contribution in [3.8, 4) is 16.9 Å². The molecule has 0 saturated carbocycles. The number of aromatic nitrogens is 2. The maximum atomic E-state index is 11.0. The largest absolute Gasteiger partial charge is 0.480 e. The predicted molar refractivity (Wildman–Crippen MR) is 67.9 cm³/mol. The molecule has 0 spiro atoms. The fraction of sp³-hybridized carbons (Fsp3) is 0.231. The summed E-state index contributed by atoms with van der Waals surface area (Å²) >= 11 is 0. The summed E-state index contributed by atoms with van der Waals surface area (Å²) in [6, 6.07) is 7.48. The highest BCUT2D eigenvalue weighted by atomic mass is 16.5. The standard InChI is InChI=1S/C13H15N3O2/c1-9(13(14)17)18-12-6-4-3-5-11(12)10-7-15-16(2)8-10/h3-9H,1-2H3,(H2,14,17)/t9-/m1/s1. The van der Waals surface area contributed by atoms with E-state index in [1.54, 1.807) is 17.8 Å². The van der Waals surface area contributed by atoms with Crippen LogP contribution in [0, 0.1) is 0 Å². The third-order valence-electron chi connectivity index (χ3n) is 2.61. The molecule has 0 aliphatic carbocycles. The fourth-order valence-electron chi connectivity index (χ4n) is 1.62. The summed E-state index contributed by atoms with van der Waals surface area (Å²) in [6.07, 6.45) is 2.97. The molecule has 1 atom stereocenters. The molecule has 5 nitrogen and oxygen atoms in total. The number of ether oxygens (including phenoxy) is 1. The van der Waals surface area contributed by atoms with Crippen LogP contribution in [0.4, 0.5) is 0 Å². The van der Waals surface area contributed by atoms with Gasteiger partial charge in [0.1, 0.15) is 5.75 Å². The van der Waals surface area contributed by atoms with Gasteiger partial charge in [-0.3, -0.25) is 9.48 Å². The third kappa shape index (κ3) is 2.51. The Morgan fingerprint density at radius 2 is 2.17 bits per heavy atom. The topological polar surface area (TPSA) is 70.1 Å². The van der Waals surface area contributed by atoms with Crippen LogP contribution in [0.15, 0.2) is 36.7 Å². The Bertz CT molecular complexity index is 563. The van der Waals surface area contributed by atoms with Gasteiger partial charge in [-0.15, -0.1) is 0 Å². The van der Waals surface area contributed by atoms with Crippen molar-refractivity contribution in [2.75, 3.05) is 0 Å². The quantitative estimate of drug-likeness (QED) is 0.883. The summed E-state index contributed by atoms with van der Waals surface area (Å²) in [7, 11) is 1.85. The van der Waals surface area contributed by atoms with Crippen molar-refractivity contribution in [1.82, 2.24) is 9.78 Å². The first-order valence-electron chi connectivity index (χ1n) is 5.62. The predicted octanol–water partition coefficient (Wildman–Crippen LogP) is 1.34. The van der Waals surface area contributed by atoms with Gasteiger partial charge in [-0.05, 0) is 13.0 Å². The molecular formula is C13H15N3O2. The average molecular weight is 245 g/mol. The van der Waals surface area contributed by atoms with Gasteiger partial charge in [0.05, 0.1) is 6.20 Å². The number of carbonyl (C=O) groups is 1. The zero-order chi connectivity index (χ0) is 13.1. The first kappa shape index (κ1) is 12.2. The Morgan fingerprint density at radius 1 is 1.44 bits per heavy atom. The second kappa shape index (κ2) is 4.91. The van der Waals surface area contributed by atoms with Gasteiger partial charge in [0.2, 0.25) is 0 Å². The van der Waals surface area contributed by atoms with E-state index in [4.69, 9.17) is 10.5 Å². The number of aryl methyl sites for hydroxylation is 1. The number of amides is 1. The number of nitrogens with two attached hydrogens (primary N) is 1. The summed E-state index contributed by atoms with van der Waals surface area (Å²) < 4.78 is 7.27. The molecular weight excluding hydrogens is 230 g/mol. The molecule has 0 radical (unpaired) electrons. The van der Waals surface area contributed by atoms with E-state index in [0.29, 0.717) is 5.75 Å². The van der Waals surface area contributed by atoms with E-state index in [0.717, 1.165) is 11.1 Å². The van der Waals surface area contributed by atoms with Crippen molar-refractivity contribution in [1.29, 1.82) is 0 Å². The minimum Gasteiger partial charge on any atom is -0.480 e. The number of nitrogens with zero attached hydrogens (tertiary/aromatic N) is 2. The summed E-state index contributed by atoms with van der Waals surface area (Å²) in [5, 5.41) is 4.12. The lowest BCUT2D eigenvalue weighted by Gasteiger charge is -2.14. The molecule has 0 bridgehead atoms. The summed E-state index contributed by atoms with van der Waals surface area (Å²) in [4.78, 5) is 11.0. The molecule has 0 fully saturated rings. The lowest BCUT2D eigenvalue weighted by molar-refractivity contribution is -0.123. The number of rotatable bonds is 4. The Kier molecular flexibility index (Phi) is 3.32. The van der Waals surface area contributed by atoms with Crippen LogP contribution in [0.3, 0.4) is 0 Å². The number of hydrogen-bond acceptors (Lipinski definition) is 3. The van der Waals surface area contributed by atoms with Gasteiger partial charge in [-0.1, -0.05) is 18.2 Å². The van der Waals surface area contributed by atoms with Crippen molar-refractivity contribution in [2.24, 2.45) is 12.8 Å². The molecule has 1 aromatic carbocycles. The van der Waals surface area contributed by atoms with Crippen LogP contribution >= 0.6 is 0 Å². The van der Waals surface area contributed by atoms with Gasteiger partial charge in [-0.25, -0.2) is 0 Å². The zero-order valence-corrected chi connectivity index (χ0v) is 10.3. The van der Waals surface area contributed by atoms with E-state index in [2.05, 4.69) is 5.10 Å². The van der Waals surface area contributed by atoms with Crippen LogP contribution in [0.2, 0.25) is 0 Å². The number of carbonyl (C=O) groups excluding carboxylic acids is 1. The molecule has 0 saturated heterocycles. The molecule has 2 N–H and O–H groups in total. The smallest absolute Gasteiger partial charge is 0.258 e. The van der Waals surface area contributed by atoms with E-state index in [1.165, 1.54) is 0 Å². The zero-order valence-electron chi connectivity index (χ0n) is 10.3. The highest BCUT2D eigenvalue weighted by Crippen LogP contribution is 2.29. The molecule has 94 valence electrons. The highest BCUT2D eigenvalue weighted by Gasteiger charge is 2.14. The first-order chi connectivity index (χ1) is 8.58. The molecule has 0 unspecified atom stereocenters.